The standard InChI is InChI=1S/C21H15N5O2S/c1-28-15-5-6-17-18(9-15)29-21-24-16(12-26(17)21)20(27)25-19-7-4-14(11-23-19)13-3-2-8-22-10-13/h2-12H,1H3,(H,23,25,27). The van der Waals surface area contributed by atoms with Crippen molar-refractivity contribution >= 4 is 38.2 Å². The van der Waals surface area contributed by atoms with Crippen molar-refractivity contribution in [2.75, 3.05) is 12.4 Å². The van der Waals surface area contributed by atoms with E-state index < -0.39 is 0 Å². The third-order valence-electron chi connectivity index (χ3n) is 4.53. The first kappa shape index (κ1) is 17.3. The van der Waals surface area contributed by atoms with Crippen molar-refractivity contribution in [3.05, 3.63) is 72.9 Å². The molecule has 1 N–H and O–H groups in total. The van der Waals surface area contributed by atoms with Crippen molar-refractivity contribution in [1.29, 1.82) is 0 Å². The normalized spacial score (nSPS) is 11.1. The van der Waals surface area contributed by atoms with Crippen LogP contribution in [0.25, 0.3) is 26.3 Å². The lowest BCUT2D eigenvalue weighted by Gasteiger charge is -2.04. The fraction of sp³-hybridized carbons (Fsp3) is 0.0476. The summed E-state index contributed by atoms with van der Waals surface area (Å²) in [5, 5.41) is 2.80. The second kappa shape index (κ2) is 6.99. The number of amides is 1. The number of pyridine rings is 2. The van der Waals surface area contributed by atoms with Crippen LogP contribution in [0.5, 0.6) is 5.75 Å². The lowest BCUT2D eigenvalue weighted by molar-refractivity contribution is 0.102. The smallest absolute Gasteiger partial charge is 0.277 e. The van der Waals surface area contributed by atoms with Crippen molar-refractivity contribution < 1.29 is 9.53 Å². The summed E-state index contributed by atoms with van der Waals surface area (Å²) in [6.45, 7) is 0. The molecule has 0 radical (unpaired) electrons. The number of methoxy groups -OCH3 is 1. The van der Waals surface area contributed by atoms with Gasteiger partial charge in [0.2, 0.25) is 0 Å². The van der Waals surface area contributed by atoms with Crippen LogP contribution < -0.4 is 10.1 Å². The summed E-state index contributed by atoms with van der Waals surface area (Å²) in [7, 11) is 1.64. The van der Waals surface area contributed by atoms with Crippen LogP contribution >= 0.6 is 11.3 Å². The molecule has 1 aromatic carbocycles. The van der Waals surface area contributed by atoms with E-state index in [1.54, 1.807) is 38.0 Å². The quantitative estimate of drug-likeness (QED) is 0.486. The number of ether oxygens (including phenoxy) is 1. The molecule has 0 aliphatic heterocycles. The molecule has 29 heavy (non-hydrogen) atoms. The number of thiazole rings is 1. The highest BCUT2D eigenvalue weighted by molar-refractivity contribution is 7.23. The van der Waals surface area contributed by atoms with Crippen LogP contribution in [0.2, 0.25) is 0 Å². The minimum atomic E-state index is -0.302. The van der Waals surface area contributed by atoms with E-state index in [-0.39, 0.29) is 5.91 Å². The van der Waals surface area contributed by atoms with Gasteiger partial charge >= 0.3 is 0 Å². The Balaban J connectivity index is 1.38. The Morgan fingerprint density at radius 2 is 2.03 bits per heavy atom. The van der Waals surface area contributed by atoms with Crippen LogP contribution in [0, 0.1) is 0 Å². The summed E-state index contributed by atoms with van der Waals surface area (Å²) >= 11 is 1.51. The van der Waals surface area contributed by atoms with Crippen LogP contribution in [0.4, 0.5) is 5.82 Å². The van der Waals surface area contributed by atoms with Gasteiger partial charge in [0, 0.05) is 35.9 Å². The predicted octanol–water partition coefficient (Wildman–Crippen LogP) is 4.27. The molecule has 0 fully saturated rings. The van der Waals surface area contributed by atoms with Crippen molar-refractivity contribution in [2.45, 2.75) is 0 Å². The molecule has 0 atom stereocenters. The second-order valence-electron chi connectivity index (χ2n) is 6.34. The van der Waals surface area contributed by atoms with Crippen LogP contribution in [-0.4, -0.2) is 32.4 Å². The molecule has 4 heterocycles. The third-order valence-corrected chi connectivity index (χ3v) is 5.55. The van der Waals surface area contributed by atoms with E-state index >= 15 is 0 Å². The molecule has 0 aliphatic rings. The van der Waals surface area contributed by atoms with Crippen LogP contribution in [0.3, 0.4) is 0 Å². The summed E-state index contributed by atoms with van der Waals surface area (Å²) in [6.07, 6.45) is 6.94. The largest absolute Gasteiger partial charge is 0.497 e. The van der Waals surface area contributed by atoms with Crippen LogP contribution in [0.1, 0.15) is 10.5 Å². The van der Waals surface area contributed by atoms with Gasteiger partial charge in [-0.3, -0.25) is 14.2 Å². The number of carbonyl (C=O) groups excluding carboxylic acids is 1. The zero-order valence-electron chi connectivity index (χ0n) is 15.4. The van der Waals surface area contributed by atoms with Gasteiger partial charge in [-0.2, -0.15) is 0 Å². The average molecular weight is 401 g/mol. The molecular weight excluding hydrogens is 386 g/mol. The van der Waals surface area contributed by atoms with Gasteiger partial charge in [0.25, 0.3) is 5.91 Å². The Morgan fingerprint density at radius 3 is 2.79 bits per heavy atom. The van der Waals surface area contributed by atoms with Gasteiger partial charge < -0.3 is 10.1 Å². The topological polar surface area (TPSA) is 81.4 Å². The van der Waals surface area contributed by atoms with E-state index in [1.807, 2.05) is 40.8 Å². The molecule has 0 saturated heterocycles. The van der Waals surface area contributed by atoms with E-state index in [2.05, 4.69) is 20.3 Å². The summed E-state index contributed by atoms with van der Waals surface area (Å²) < 4.78 is 8.22. The Labute approximate surface area is 169 Å². The number of fused-ring (bicyclic) bond motifs is 3. The molecule has 0 aliphatic carbocycles. The third kappa shape index (κ3) is 3.19. The predicted molar refractivity (Wildman–Crippen MR) is 113 cm³/mol. The number of nitrogens with zero attached hydrogens (tertiary/aromatic N) is 4. The minimum Gasteiger partial charge on any atom is -0.497 e. The highest BCUT2D eigenvalue weighted by atomic mass is 32.1. The first-order valence-corrected chi connectivity index (χ1v) is 9.66. The van der Waals surface area contributed by atoms with E-state index in [4.69, 9.17) is 4.74 Å². The van der Waals surface area contributed by atoms with Crippen LogP contribution in [0.15, 0.2) is 67.3 Å². The highest BCUT2D eigenvalue weighted by Crippen LogP contribution is 2.29. The maximum Gasteiger partial charge on any atom is 0.277 e. The van der Waals surface area contributed by atoms with Gasteiger partial charge in [-0.05, 0) is 36.4 Å². The fourth-order valence-corrected chi connectivity index (χ4v) is 4.11. The monoisotopic (exact) mass is 401 g/mol. The Hall–Kier alpha value is -3.78. The van der Waals surface area contributed by atoms with Crippen molar-refractivity contribution in [3.63, 3.8) is 0 Å². The number of imidazole rings is 1. The van der Waals surface area contributed by atoms with Gasteiger partial charge in [-0.1, -0.05) is 17.4 Å². The number of benzene rings is 1. The Morgan fingerprint density at radius 1 is 1.14 bits per heavy atom. The Kier molecular flexibility index (Phi) is 4.18. The maximum absolute atomic E-state index is 12.6. The number of nitrogens with one attached hydrogen (secondary N) is 1. The summed E-state index contributed by atoms with van der Waals surface area (Å²) in [4.78, 5) is 26.3. The maximum atomic E-state index is 12.6. The molecule has 5 rings (SSSR count). The molecule has 0 unspecified atom stereocenters. The van der Waals surface area contributed by atoms with Crippen molar-refractivity contribution in [1.82, 2.24) is 19.4 Å². The zero-order valence-corrected chi connectivity index (χ0v) is 16.2. The van der Waals surface area contributed by atoms with E-state index in [1.165, 1.54) is 11.3 Å². The molecule has 7 nitrogen and oxygen atoms in total. The van der Waals surface area contributed by atoms with Gasteiger partial charge in [0.15, 0.2) is 4.96 Å². The number of aromatic nitrogens is 4. The lowest BCUT2D eigenvalue weighted by atomic mass is 10.1. The molecule has 1 amide bonds. The molecule has 0 bridgehead atoms. The SMILES string of the molecule is COc1ccc2c(c1)sc1nc(C(=O)Nc3ccc(-c4cccnc4)cn3)cn12. The van der Waals surface area contributed by atoms with Gasteiger partial charge in [0.1, 0.15) is 17.3 Å². The number of carbonyl (C=O) groups is 1. The van der Waals surface area contributed by atoms with Gasteiger partial charge in [0.05, 0.1) is 17.3 Å². The molecular formula is C21H15N5O2S. The summed E-state index contributed by atoms with van der Waals surface area (Å²) in [5.41, 5.74) is 3.22. The second-order valence-corrected chi connectivity index (χ2v) is 7.35. The lowest BCUT2D eigenvalue weighted by Crippen LogP contribution is -2.13. The molecule has 4 aromatic heterocycles. The Bertz CT molecular complexity index is 1330. The van der Waals surface area contributed by atoms with Crippen molar-refractivity contribution in [2.24, 2.45) is 0 Å². The van der Waals surface area contributed by atoms with Gasteiger partial charge in [-0.15, -0.1) is 0 Å². The molecule has 0 spiro atoms. The van der Waals surface area contributed by atoms with E-state index in [0.29, 0.717) is 11.5 Å². The molecule has 5 aromatic rings. The van der Waals surface area contributed by atoms with E-state index in [9.17, 15) is 4.79 Å². The van der Waals surface area contributed by atoms with Crippen LogP contribution in [-0.2, 0) is 0 Å². The number of hydrogen-bond acceptors (Lipinski definition) is 6. The minimum absolute atomic E-state index is 0.302. The fourth-order valence-electron chi connectivity index (χ4n) is 3.07. The van der Waals surface area contributed by atoms with E-state index in [0.717, 1.165) is 32.1 Å². The zero-order chi connectivity index (χ0) is 19.8. The average Bonchev–Trinajstić information content (AvgIpc) is 3.32. The molecule has 142 valence electrons. The number of rotatable bonds is 4. The van der Waals surface area contributed by atoms with Gasteiger partial charge in [-0.25, -0.2) is 9.97 Å². The summed E-state index contributed by atoms with van der Waals surface area (Å²) in [5.74, 6) is 0.957. The summed E-state index contributed by atoms with van der Waals surface area (Å²) in [6, 6.07) is 13.3. The number of hydrogen-bond donors (Lipinski definition) is 1. The highest BCUT2D eigenvalue weighted by Gasteiger charge is 2.15. The van der Waals surface area contributed by atoms with Crippen molar-refractivity contribution in [3.8, 4) is 16.9 Å². The molecule has 0 saturated carbocycles. The number of anilines is 1. The first-order valence-electron chi connectivity index (χ1n) is 8.85. The molecule has 8 heteroatoms. The first-order chi connectivity index (χ1) is 14.2.